The Hall–Kier alpha value is -5.65. The molecule has 5 rings (SSSR count). The number of amides is 1. The number of rotatable bonds is 11. The average molecular weight is 556 g/mol. The number of methoxy groups -OCH3 is 1. The molecule has 1 aliphatic heterocycles. The Balaban J connectivity index is 1.11. The molecule has 12 nitrogen and oxygen atoms in total. The van der Waals surface area contributed by atoms with E-state index in [1.807, 2.05) is 30.3 Å². The van der Waals surface area contributed by atoms with Crippen molar-refractivity contribution in [3.8, 4) is 28.7 Å². The number of nitro benzene ring substituents is 1. The maximum absolute atomic E-state index is 12.2. The van der Waals surface area contributed by atoms with Gasteiger partial charge in [0.1, 0.15) is 12.3 Å². The number of nitrogens with zero attached hydrogens (tertiary/aromatic N) is 4. The summed E-state index contributed by atoms with van der Waals surface area (Å²) < 4.78 is 23.5. The van der Waals surface area contributed by atoms with Crippen molar-refractivity contribution < 1.29 is 28.7 Å². The van der Waals surface area contributed by atoms with Gasteiger partial charge >= 0.3 is 0 Å². The summed E-state index contributed by atoms with van der Waals surface area (Å²) >= 11 is 0. The first kappa shape index (κ1) is 26.9. The SMILES string of the molecule is COc1cc(CNC(=O)/C=C/C=C/c2ccc3c(c2)OCO3)ccc1OCc1cn(-c2ccc([N+](=O)[O-])cc2)nn1. The Bertz CT molecular complexity index is 1610. The van der Waals surface area contributed by atoms with Crippen LogP contribution in [0.1, 0.15) is 16.8 Å². The van der Waals surface area contributed by atoms with Crippen LogP contribution < -0.4 is 24.3 Å². The Morgan fingerprint density at radius 1 is 1.07 bits per heavy atom. The van der Waals surface area contributed by atoms with E-state index in [-0.39, 0.29) is 25.0 Å². The number of benzene rings is 3. The predicted octanol–water partition coefficient (Wildman–Crippen LogP) is 4.38. The molecule has 0 spiro atoms. The minimum Gasteiger partial charge on any atom is -0.493 e. The van der Waals surface area contributed by atoms with Crippen LogP contribution in [0.15, 0.2) is 85.1 Å². The van der Waals surface area contributed by atoms with E-state index in [1.165, 1.54) is 30.0 Å². The van der Waals surface area contributed by atoms with Crippen LogP contribution in [0, 0.1) is 10.1 Å². The Labute approximate surface area is 234 Å². The standard InChI is InChI=1S/C29H25N5O7/c1-38-27-15-21(16-30-29(35)5-3-2-4-20-6-12-26-28(14-20)41-19-40-26)7-13-25(27)39-18-22-17-33(32-31-22)23-8-10-24(11-9-23)34(36)37/h2-15,17H,16,18-19H2,1H3,(H,30,35)/b4-2+,5-3+. The number of non-ortho nitro benzene ring substituents is 1. The van der Waals surface area contributed by atoms with Gasteiger partial charge in [-0.1, -0.05) is 35.6 Å². The average Bonchev–Trinajstić information content (AvgIpc) is 3.67. The molecule has 0 radical (unpaired) electrons. The van der Waals surface area contributed by atoms with Crippen LogP contribution in [0.3, 0.4) is 0 Å². The molecule has 2 heterocycles. The summed E-state index contributed by atoms with van der Waals surface area (Å²) in [6, 6.07) is 17.0. The zero-order valence-electron chi connectivity index (χ0n) is 21.9. The van der Waals surface area contributed by atoms with Gasteiger partial charge in [-0.15, -0.1) is 5.10 Å². The van der Waals surface area contributed by atoms with Gasteiger partial charge in [0, 0.05) is 24.8 Å². The number of aromatic nitrogens is 3. The van der Waals surface area contributed by atoms with Crippen molar-refractivity contribution in [2.24, 2.45) is 0 Å². The number of fused-ring (bicyclic) bond motifs is 1. The lowest BCUT2D eigenvalue weighted by Crippen LogP contribution is -2.20. The van der Waals surface area contributed by atoms with Gasteiger partial charge in [0.25, 0.3) is 5.69 Å². The highest BCUT2D eigenvalue weighted by atomic mass is 16.7. The maximum atomic E-state index is 12.2. The summed E-state index contributed by atoms with van der Waals surface area (Å²) in [5.41, 5.74) is 2.95. The van der Waals surface area contributed by atoms with Crippen LogP contribution >= 0.6 is 0 Å². The third kappa shape index (κ3) is 6.87. The Morgan fingerprint density at radius 3 is 2.71 bits per heavy atom. The number of allylic oxidation sites excluding steroid dienone is 2. The van der Waals surface area contributed by atoms with Gasteiger partial charge in [0.2, 0.25) is 12.7 Å². The monoisotopic (exact) mass is 555 g/mol. The number of carbonyl (C=O) groups is 1. The lowest BCUT2D eigenvalue weighted by atomic mass is 10.2. The van der Waals surface area contributed by atoms with Crippen LogP contribution in [0.5, 0.6) is 23.0 Å². The van der Waals surface area contributed by atoms with Gasteiger partial charge in [-0.2, -0.15) is 0 Å². The van der Waals surface area contributed by atoms with Crippen LogP contribution in [-0.2, 0) is 17.9 Å². The van der Waals surface area contributed by atoms with Gasteiger partial charge in [-0.3, -0.25) is 14.9 Å². The maximum Gasteiger partial charge on any atom is 0.269 e. The summed E-state index contributed by atoms with van der Waals surface area (Å²) in [4.78, 5) is 22.6. The zero-order valence-corrected chi connectivity index (χ0v) is 21.9. The number of ether oxygens (including phenoxy) is 4. The molecule has 1 aliphatic rings. The predicted molar refractivity (Wildman–Crippen MR) is 148 cm³/mol. The van der Waals surface area contributed by atoms with E-state index in [9.17, 15) is 14.9 Å². The van der Waals surface area contributed by atoms with E-state index < -0.39 is 4.92 Å². The molecule has 1 amide bonds. The fraction of sp³-hybridized carbons (Fsp3) is 0.138. The smallest absolute Gasteiger partial charge is 0.269 e. The molecule has 0 fully saturated rings. The molecule has 0 bridgehead atoms. The molecule has 0 atom stereocenters. The lowest BCUT2D eigenvalue weighted by Gasteiger charge is -2.11. The molecule has 0 saturated heterocycles. The van der Waals surface area contributed by atoms with E-state index in [0.29, 0.717) is 35.2 Å². The van der Waals surface area contributed by atoms with Crippen molar-refractivity contribution in [1.82, 2.24) is 20.3 Å². The normalized spacial score (nSPS) is 12.1. The van der Waals surface area contributed by atoms with Crippen molar-refractivity contribution in [2.75, 3.05) is 13.9 Å². The van der Waals surface area contributed by atoms with Gasteiger partial charge in [-0.05, 0) is 47.5 Å². The van der Waals surface area contributed by atoms with Gasteiger partial charge in [-0.25, -0.2) is 4.68 Å². The molecule has 12 heteroatoms. The molecule has 3 aromatic carbocycles. The fourth-order valence-corrected chi connectivity index (χ4v) is 3.89. The molecule has 1 aromatic heterocycles. The first-order valence-electron chi connectivity index (χ1n) is 12.5. The number of nitro groups is 1. The van der Waals surface area contributed by atoms with Crippen LogP contribution in [0.25, 0.3) is 11.8 Å². The second kappa shape index (κ2) is 12.5. The second-order valence-electron chi connectivity index (χ2n) is 8.75. The minimum atomic E-state index is -0.461. The largest absolute Gasteiger partial charge is 0.493 e. The van der Waals surface area contributed by atoms with Crippen LogP contribution in [0.4, 0.5) is 5.69 Å². The number of nitrogens with one attached hydrogen (secondary N) is 1. The number of hydrogen-bond acceptors (Lipinski definition) is 9. The molecule has 1 N–H and O–H groups in total. The summed E-state index contributed by atoms with van der Waals surface area (Å²) in [5.74, 6) is 2.19. The highest BCUT2D eigenvalue weighted by Gasteiger charge is 2.12. The van der Waals surface area contributed by atoms with Crippen molar-refractivity contribution >= 4 is 17.7 Å². The van der Waals surface area contributed by atoms with E-state index in [0.717, 1.165) is 16.9 Å². The van der Waals surface area contributed by atoms with E-state index >= 15 is 0 Å². The molecule has 0 aliphatic carbocycles. The van der Waals surface area contributed by atoms with E-state index in [1.54, 1.807) is 42.6 Å². The van der Waals surface area contributed by atoms with E-state index in [2.05, 4.69) is 15.6 Å². The van der Waals surface area contributed by atoms with E-state index in [4.69, 9.17) is 18.9 Å². The van der Waals surface area contributed by atoms with Crippen LogP contribution in [0.2, 0.25) is 0 Å². The molecular formula is C29H25N5O7. The fourth-order valence-electron chi connectivity index (χ4n) is 3.89. The topological polar surface area (TPSA) is 140 Å². The van der Waals surface area contributed by atoms with Crippen LogP contribution in [-0.4, -0.2) is 39.7 Å². The van der Waals surface area contributed by atoms with Crippen molar-refractivity contribution in [2.45, 2.75) is 13.2 Å². The zero-order chi connectivity index (χ0) is 28.6. The van der Waals surface area contributed by atoms with Crippen molar-refractivity contribution in [3.05, 3.63) is 112 Å². The third-order valence-corrected chi connectivity index (χ3v) is 5.98. The van der Waals surface area contributed by atoms with Gasteiger partial charge in [0.15, 0.2) is 23.0 Å². The highest BCUT2D eigenvalue weighted by molar-refractivity contribution is 5.87. The van der Waals surface area contributed by atoms with Crippen molar-refractivity contribution in [3.63, 3.8) is 0 Å². The minimum absolute atomic E-state index is 0.00465. The number of carbonyl (C=O) groups excluding carboxylic acids is 1. The lowest BCUT2D eigenvalue weighted by molar-refractivity contribution is -0.384. The molecule has 208 valence electrons. The van der Waals surface area contributed by atoms with Crippen molar-refractivity contribution in [1.29, 1.82) is 0 Å². The highest BCUT2D eigenvalue weighted by Crippen LogP contribution is 2.33. The Morgan fingerprint density at radius 2 is 1.90 bits per heavy atom. The molecule has 0 saturated carbocycles. The number of hydrogen-bond donors (Lipinski definition) is 1. The summed E-state index contributed by atoms with van der Waals surface area (Å²) in [5, 5.41) is 21.8. The molecule has 4 aromatic rings. The molecule has 41 heavy (non-hydrogen) atoms. The quantitative estimate of drug-likeness (QED) is 0.124. The first-order chi connectivity index (χ1) is 20.0. The first-order valence-corrected chi connectivity index (χ1v) is 12.5. The molecular weight excluding hydrogens is 530 g/mol. The van der Waals surface area contributed by atoms with Gasteiger partial charge in [0.05, 0.1) is 23.9 Å². The summed E-state index contributed by atoms with van der Waals surface area (Å²) in [6.07, 6.45) is 8.43. The third-order valence-electron chi connectivity index (χ3n) is 5.98. The molecule has 0 unspecified atom stereocenters. The summed E-state index contributed by atoms with van der Waals surface area (Å²) in [6.45, 7) is 0.654. The summed E-state index contributed by atoms with van der Waals surface area (Å²) in [7, 11) is 1.53. The Kier molecular flexibility index (Phi) is 8.19. The van der Waals surface area contributed by atoms with Gasteiger partial charge < -0.3 is 24.3 Å². The second-order valence-corrected chi connectivity index (χ2v) is 8.75.